The number of halogens is 1. The van der Waals surface area contributed by atoms with Gasteiger partial charge < -0.3 is 18.7 Å². The van der Waals surface area contributed by atoms with Crippen LogP contribution in [0.5, 0.6) is 5.75 Å². The number of carbonyl (C=O) groups excluding carboxylic acids is 2. The molecule has 0 bridgehead atoms. The molecule has 0 aliphatic rings. The lowest BCUT2D eigenvalue weighted by atomic mass is 9.99. The Balaban J connectivity index is 1.47. The predicted octanol–water partition coefficient (Wildman–Crippen LogP) is 6.88. The minimum absolute atomic E-state index is 0.168. The van der Waals surface area contributed by atoms with E-state index in [0.717, 1.165) is 22.3 Å². The van der Waals surface area contributed by atoms with Crippen molar-refractivity contribution in [1.82, 2.24) is 5.16 Å². The molecule has 0 saturated carbocycles. The van der Waals surface area contributed by atoms with Crippen LogP contribution in [0.2, 0.25) is 5.02 Å². The minimum Gasteiger partial charge on any atom is -0.496 e. The lowest BCUT2D eigenvalue weighted by Gasteiger charge is -2.12. The maximum atomic E-state index is 12.5. The topological polar surface area (TPSA) is 99.9 Å². The van der Waals surface area contributed by atoms with Gasteiger partial charge in [-0.1, -0.05) is 65.3 Å². The summed E-state index contributed by atoms with van der Waals surface area (Å²) in [7, 11) is 1.60. The number of anilines is 1. The molecule has 4 rings (SSSR count). The van der Waals surface area contributed by atoms with Gasteiger partial charge in [-0.2, -0.15) is 0 Å². The maximum absolute atomic E-state index is 12.5. The van der Waals surface area contributed by atoms with Crippen molar-refractivity contribution in [3.05, 3.63) is 88.6 Å². The highest BCUT2D eigenvalue weighted by molar-refractivity contribution is 6.31. The quantitative estimate of drug-likeness (QED) is 0.216. The van der Waals surface area contributed by atoms with Crippen LogP contribution >= 0.6 is 11.6 Å². The Labute approximate surface area is 231 Å². The second kappa shape index (κ2) is 13.0. The van der Waals surface area contributed by atoms with Crippen LogP contribution < -0.4 is 10.1 Å². The van der Waals surface area contributed by atoms with Gasteiger partial charge in [0.1, 0.15) is 17.1 Å². The molecular weight excluding hydrogens is 520 g/mol. The van der Waals surface area contributed by atoms with Crippen molar-refractivity contribution in [2.75, 3.05) is 25.6 Å². The number of rotatable bonds is 10. The fourth-order valence-corrected chi connectivity index (χ4v) is 4.31. The van der Waals surface area contributed by atoms with Gasteiger partial charge in [0.25, 0.3) is 0 Å². The number of aromatic nitrogens is 1. The van der Waals surface area contributed by atoms with Crippen LogP contribution in [0, 0.1) is 6.92 Å². The predicted molar refractivity (Wildman–Crippen MR) is 149 cm³/mol. The van der Waals surface area contributed by atoms with Crippen molar-refractivity contribution in [3.63, 3.8) is 0 Å². The number of hydrogen-bond acceptors (Lipinski definition) is 7. The summed E-state index contributed by atoms with van der Waals surface area (Å²) in [5.74, 6) is 0.796. The molecule has 0 fully saturated rings. The molecule has 1 heterocycles. The number of amides is 1. The van der Waals surface area contributed by atoms with Crippen LogP contribution in [0.4, 0.5) is 10.5 Å². The van der Waals surface area contributed by atoms with Crippen LogP contribution in [0.1, 0.15) is 23.7 Å². The normalized spacial score (nSPS) is 10.7. The van der Waals surface area contributed by atoms with E-state index >= 15 is 0 Å². The summed E-state index contributed by atoms with van der Waals surface area (Å²) in [6, 6.07) is 20.5. The molecule has 9 heteroatoms. The number of ether oxygens (including phenoxy) is 3. The van der Waals surface area contributed by atoms with Crippen LogP contribution in [-0.4, -0.2) is 37.5 Å². The first-order valence-corrected chi connectivity index (χ1v) is 12.8. The van der Waals surface area contributed by atoms with Crippen molar-refractivity contribution in [2.24, 2.45) is 0 Å². The van der Waals surface area contributed by atoms with E-state index in [1.54, 1.807) is 27.0 Å². The summed E-state index contributed by atoms with van der Waals surface area (Å²) in [5, 5.41) is 7.40. The zero-order valence-electron chi connectivity index (χ0n) is 22.0. The van der Waals surface area contributed by atoms with Crippen molar-refractivity contribution < 1.29 is 28.3 Å². The van der Waals surface area contributed by atoms with E-state index in [9.17, 15) is 9.59 Å². The molecule has 0 radical (unpaired) electrons. The highest BCUT2D eigenvalue weighted by Gasteiger charge is 2.19. The molecule has 8 nitrogen and oxygen atoms in total. The van der Waals surface area contributed by atoms with Gasteiger partial charge >= 0.3 is 12.1 Å². The number of carbonyl (C=O) groups is 2. The third kappa shape index (κ3) is 6.97. The van der Waals surface area contributed by atoms with Crippen molar-refractivity contribution in [1.29, 1.82) is 0 Å². The van der Waals surface area contributed by atoms with E-state index in [-0.39, 0.29) is 19.0 Å². The summed E-state index contributed by atoms with van der Waals surface area (Å²) in [4.78, 5) is 24.4. The van der Waals surface area contributed by atoms with Crippen LogP contribution in [0.25, 0.3) is 22.5 Å². The molecule has 0 spiro atoms. The van der Waals surface area contributed by atoms with Gasteiger partial charge in [-0.05, 0) is 48.7 Å². The summed E-state index contributed by atoms with van der Waals surface area (Å²) in [6.45, 7) is 4.02. The Bertz CT molecular complexity index is 1450. The largest absolute Gasteiger partial charge is 0.496 e. The molecule has 1 amide bonds. The second-order valence-corrected chi connectivity index (χ2v) is 9.08. The van der Waals surface area contributed by atoms with Crippen LogP contribution in [-0.2, 0) is 27.1 Å². The van der Waals surface area contributed by atoms with Crippen LogP contribution in [0.15, 0.2) is 71.3 Å². The highest BCUT2D eigenvalue weighted by atomic mass is 35.5. The first kappa shape index (κ1) is 27.7. The third-order valence-corrected chi connectivity index (χ3v) is 6.40. The summed E-state index contributed by atoms with van der Waals surface area (Å²) >= 11 is 6.17. The van der Waals surface area contributed by atoms with E-state index in [1.807, 2.05) is 60.7 Å². The molecule has 0 saturated heterocycles. The van der Waals surface area contributed by atoms with E-state index in [4.69, 9.17) is 30.3 Å². The summed E-state index contributed by atoms with van der Waals surface area (Å²) < 4.78 is 21.5. The van der Waals surface area contributed by atoms with E-state index < -0.39 is 6.09 Å². The number of nitrogens with zero attached hydrogens (tertiary/aromatic N) is 1. The zero-order chi connectivity index (χ0) is 27.8. The molecule has 1 aromatic heterocycles. The Morgan fingerprint density at radius 3 is 2.46 bits per heavy atom. The van der Waals surface area contributed by atoms with Gasteiger partial charge in [-0.25, -0.2) is 4.79 Å². The van der Waals surface area contributed by atoms with E-state index in [1.165, 1.54) is 0 Å². The number of benzene rings is 3. The smallest absolute Gasteiger partial charge is 0.411 e. The standard InChI is InChI=1S/C30H29ClN2O6/c1-4-37-27(34)18-20-9-14-26(36-3)24(17-20)21-10-12-23(13-11-21)29-28(19(2)33-39-29)32-30(35)38-16-15-22-7-5-6-8-25(22)31/h5-14,17H,4,15-16,18H2,1-3H3,(H,32,35). The molecule has 3 aromatic carbocycles. The third-order valence-electron chi connectivity index (χ3n) is 6.03. The molecular formula is C30H29ClN2O6. The van der Waals surface area contributed by atoms with Gasteiger partial charge in [0, 0.05) is 22.6 Å². The first-order chi connectivity index (χ1) is 18.9. The van der Waals surface area contributed by atoms with Crippen molar-refractivity contribution >= 4 is 29.4 Å². The molecule has 0 unspecified atom stereocenters. The SMILES string of the molecule is CCOC(=O)Cc1ccc(OC)c(-c2ccc(-c3onc(C)c3NC(=O)OCCc3ccccc3Cl)cc2)c1. The Hall–Kier alpha value is -4.30. The molecule has 202 valence electrons. The fourth-order valence-electron chi connectivity index (χ4n) is 4.08. The fraction of sp³-hybridized carbons (Fsp3) is 0.233. The Morgan fingerprint density at radius 2 is 1.74 bits per heavy atom. The number of aryl methyl sites for hydroxylation is 1. The number of hydrogen-bond donors (Lipinski definition) is 1. The van der Waals surface area contributed by atoms with Gasteiger partial charge in [0.15, 0.2) is 5.76 Å². The number of esters is 1. The molecule has 0 atom stereocenters. The van der Waals surface area contributed by atoms with E-state index in [0.29, 0.717) is 46.5 Å². The van der Waals surface area contributed by atoms with Crippen molar-refractivity contribution in [2.45, 2.75) is 26.7 Å². The zero-order valence-corrected chi connectivity index (χ0v) is 22.7. The highest BCUT2D eigenvalue weighted by Crippen LogP contribution is 2.35. The molecule has 39 heavy (non-hydrogen) atoms. The maximum Gasteiger partial charge on any atom is 0.411 e. The lowest BCUT2D eigenvalue weighted by Crippen LogP contribution is -2.16. The average Bonchev–Trinajstić information content (AvgIpc) is 3.29. The van der Waals surface area contributed by atoms with Crippen LogP contribution in [0.3, 0.4) is 0 Å². The van der Waals surface area contributed by atoms with Gasteiger partial charge in [-0.15, -0.1) is 0 Å². The summed E-state index contributed by atoms with van der Waals surface area (Å²) in [6.07, 6.45) is 0.0486. The Morgan fingerprint density at radius 1 is 1.00 bits per heavy atom. The van der Waals surface area contributed by atoms with E-state index in [2.05, 4.69) is 10.5 Å². The number of nitrogens with one attached hydrogen (secondary N) is 1. The summed E-state index contributed by atoms with van der Waals surface area (Å²) in [5.41, 5.74) is 5.10. The Kier molecular flexibility index (Phi) is 9.22. The second-order valence-electron chi connectivity index (χ2n) is 8.67. The van der Waals surface area contributed by atoms with Gasteiger partial charge in [0.2, 0.25) is 0 Å². The number of methoxy groups -OCH3 is 1. The molecule has 0 aliphatic heterocycles. The lowest BCUT2D eigenvalue weighted by molar-refractivity contribution is -0.142. The van der Waals surface area contributed by atoms with Crippen molar-refractivity contribution in [3.8, 4) is 28.2 Å². The van der Waals surface area contributed by atoms with Gasteiger partial charge in [0.05, 0.1) is 26.7 Å². The molecule has 1 N–H and O–H groups in total. The molecule has 0 aliphatic carbocycles. The monoisotopic (exact) mass is 548 g/mol. The first-order valence-electron chi connectivity index (χ1n) is 12.5. The van der Waals surface area contributed by atoms with Gasteiger partial charge in [-0.3, -0.25) is 10.1 Å². The average molecular weight is 549 g/mol. The molecule has 4 aromatic rings. The minimum atomic E-state index is -0.616.